The molecule has 0 aliphatic rings. The summed E-state index contributed by atoms with van der Waals surface area (Å²) in [6.45, 7) is 3.09. The molecule has 9 nitrogen and oxygen atoms in total. The summed E-state index contributed by atoms with van der Waals surface area (Å²) in [4.78, 5) is 39.5. The maximum Gasteiger partial charge on any atom is 0.274 e. The Labute approximate surface area is 141 Å². The van der Waals surface area contributed by atoms with Gasteiger partial charge < -0.3 is 14.3 Å². The maximum absolute atomic E-state index is 12.7. The van der Waals surface area contributed by atoms with E-state index in [9.17, 15) is 19.7 Å². The van der Waals surface area contributed by atoms with E-state index >= 15 is 0 Å². The van der Waals surface area contributed by atoms with Gasteiger partial charge in [0.25, 0.3) is 17.2 Å². The van der Waals surface area contributed by atoms with Gasteiger partial charge in [-0.2, -0.15) is 0 Å². The van der Waals surface area contributed by atoms with Gasteiger partial charge in [-0.1, -0.05) is 6.07 Å². The molecule has 9 heteroatoms. The number of hydrogen-bond donors (Lipinski definition) is 1. The topological polar surface area (TPSA) is 120 Å². The standard InChI is InChI=1S/C16H14N4O5/c1-8-10(5-4-6-11(8)20(23)24)18-14(21)12-9(2)25-15-13(12)16(22)19(3)7-17-15/h4-7H,1-3H3,(H,18,21). The molecule has 0 atom stereocenters. The van der Waals surface area contributed by atoms with Crippen LogP contribution in [0.2, 0.25) is 0 Å². The zero-order chi connectivity index (χ0) is 18.3. The highest BCUT2D eigenvalue weighted by molar-refractivity contribution is 6.13. The third-order valence-electron chi connectivity index (χ3n) is 3.93. The number of aromatic nitrogens is 2. The molecular weight excluding hydrogens is 328 g/mol. The molecule has 0 spiro atoms. The highest BCUT2D eigenvalue weighted by atomic mass is 16.6. The predicted molar refractivity (Wildman–Crippen MR) is 89.8 cm³/mol. The molecule has 25 heavy (non-hydrogen) atoms. The van der Waals surface area contributed by atoms with Crippen LogP contribution in [-0.2, 0) is 7.05 Å². The number of carbonyl (C=O) groups is 1. The van der Waals surface area contributed by atoms with Crippen molar-refractivity contribution in [3.8, 4) is 0 Å². The minimum atomic E-state index is -0.593. The first kappa shape index (κ1) is 16.4. The van der Waals surface area contributed by atoms with Gasteiger partial charge in [-0.05, 0) is 19.9 Å². The minimum Gasteiger partial charge on any atom is -0.442 e. The molecular formula is C16H14N4O5. The number of anilines is 1. The molecule has 0 bridgehead atoms. The fraction of sp³-hybridized carbons (Fsp3) is 0.188. The van der Waals surface area contributed by atoms with Crippen molar-refractivity contribution in [2.75, 3.05) is 5.32 Å². The smallest absolute Gasteiger partial charge is 0.274 e. The normalized spacial score (nSPS) is 10.8. The van der Waals surface area contributed by atoms with Crippen molar-refractivity contribution in [3.05, 3.63) is 61.9 Å². The molecule has 0 aliphatic heterocycles. The molecule has 0 saturated heterocycles. The van der Waals surface area contributed by atoms with Crippen LogP contribution in [0.4, 0.5) is 11.4 Å². The van der Waals surface area contributed by atoms with Gasteiger partial charge in [0.2, 0.25) is 5.71 Å². The van der Waals surface area contributed by atoms with Crippen molar-refractivity contribution >= 4 is 28.4 Å². The molecule has 1 amide bonds. The molecule has 0 saturated carbocycles. The SMILES string of the molecule is Cc1oc2ncn(C)c(=O)c2c1C(=O)Nc1cccc([N+](=O)[O-])c1C. The molecule has 0 unspecified atom stereocenters. The second-order valence-electron chi connectivity index (χ2n) is 5.53. The van der Waals surface area contributed by atoms with E-state index in [4.69, 9.17) is 4.42 Å². The van der Waals surface area contributed by atoms with Crippen molar-refractivity contribution in [1.29, 1.82) is 0 Å². The van der Waals surface area contributed by atoms with Crippen molar-refractivity contribution in [1.82, 2.24) is 9.55 Å². The summed E-state index contributed by atoms with van der Waals surface area (Å²) in [5.41, 5.74) is 0.217. The van der Waals surface area contributed by atoms with Crippen LogP contribution < -0.4 is 10.9 Å². The van der Waals surface area contributed by atoms with E-state index in [0.717, 1.165) is 0 Å². The number of hydrogen-bond acceptors (Lipinski definition) is 6. The predicted octanol–water partition coefficient (Wildman–Crippen LogP) is 2.30. The largest absolute Gasteiger partial charge is 0.442 e. The Morgan fingerprint density at radius 3 is 2.76 bits per heavy atom. The lowest BCUT2D eigenvalue weighted by Crippen LogP contribution is -2.21. The second kappa shape index (κ2) is 5.86. The van der Waals surface area contributed by atoms with Gasteiger partial charge in [0.1, 0.15) is 17.5 Å². The van der Waals surface area contributed by atoms with Gasteiger partial charge in [-0.25, -0.2) is 4.98 Å². The van der Waals surface area contributed by atoms with Crippen LogP contribution in [0.3, 0.4) is 0 Å². The summed E-state index contributed by atoms with van der Waals surface area (Å²) >= 11 is 0. The Balaban J connectivity index is 2.09. The van der Waals surface area contributed by atoms with Gasteiger partial charge in [0.15, 0.2) is 0 Å². The number of nitrogens with zero attached hydrogens (tertiary/aromatic N) is 3. The fourth-order valence-electron chi connectivity index (χ4n) is 2.60. The molecule has 2 heterocycles. The van der Waals surface area contributed by atoms with E-state index in [-0.39, 0.29) is 33.8 Å². The van der Waals surface area contributed by atoms with E-state index in [1.165, 1.54) is 37.0 Å². The van der Waals surface area contributed by atoms with Crippen LogP contribution in [0.15, 0.2) is 33.7 Å². The number of carbonyl (C=O) groups excluding carboxylic acids is 1. The first-order chi connectivity index (χ1) is 11.8. The number of fused-ring (bicyclic) bond motifs is 1. The number of nitrogens with one attached hydrogen (secondary N) is 1. The van der Waals surface area contributed by atoms with Crippen LogP contribution in [0.5, 0.6) is 0 Å². The van der Waals surface area contributed by atoms with E-state index in [2.05, 4.69) is 10.3 Å². The number of aryl methyl sites for hydroxylation is 2. The Kier molecular flexibility index (Phi) is 3.84. The molecule has 0 radical (unpaired) electrons. The summed E-state index contributed by atoms with van der Waals surface area (Å²) in [5, 5.41) is 13.7. The summed E-state index contributed by atoms with van der Waals surface area (Å²) in [5.74, 6) is -0.351. The Morgan fingerprint density at radius 1 is 1.36 bits per heavy atom. The van der Waals surface area contributed by atoms with Gasteiger partial charge in [-0.3, -0.25) is 19.7 Å². The fourth-order valence-corrected chi connectivity index (χ4v) is 2.60. The highest BCUT2D eigenvalue weighted by Gasteiger charge is 2.24. The molecule has 1 N–H and O–H groups in total. The van der Waals surface area contributed by atoms with Crippen LogP contribution in [0.1, 0.15) is 21.7 Å². The quantitative estimate of drug-likeness (QED) is 0.576. The number of amides is 1. The Bertz CT molecular complexity index is 1080. The molecule has 128 valence electrons. The summed E-state index contributed by atoms with van der Waals surface area (Å²) in [7, 11) is 1.52. The molecule has 3 aromatic rings. The van der Waals surface area contributed by atoms with Crippen LogP contribution in [-0.4, -0.2) is 20.4 Å². The summed E-state index contributed by atoms with van der Waals surface area (Å²) in [6.07, 6.45) is 1.31. The van der Waals surface area contributed by atoms with Crippen molar-refractivity contribution in [2.45, 2.75) is 13.8 Å². The summed E-state index contributed by atoms with van der Waals surface area (Å²) in [6, 6.07) is 4.37. The second-order valence-corrected chi connectivity index (χ2v) is 5.53. The highest BCUT2D eigenvalue weighted by Crippen LogP contribution is 2.27. The lowest BCUT2D eigenvalue weighted by molar-refractivity contribution is -0.385. The number of furan rings is 1. The van der Waals surface area contributed by atoms with Crippen molar-refractivity contribution < 1.29 is 14.1 Å². The van der Waals surface area contributed by atoms with Crippen LogP contribution in [0.25, 0.3) is 11.1 Å². The number of nitro groups is 1. The number of rotatable bonds is 3. The third kappa shape index (κ3) is 2.65. The number of nitro benzene ring substituents is 1. The zero-order valence-electron chi connectivity index (χ0n) is 13.7. The third-order valence-corrected chi connectivity index (χ3v) is 3.93. The first-order valence-electron chi connectivity index (χ1n) is 7.31. The lowest BCUT2D eigenvalue weighted by atomic mass is 10.1. The zero-order valence-corrected chi connectivity index (χ0v) is 13.7. The van der Waals surface area contributed by atoms with E-state index in [1.54, 1.807) is 13.0 Å². The minimum absolute atomic E-state index is 0.0645. The number of benzene rings is 1. The van der Waals surface area contributed by atoms with Crippen LogP contribution >= 0.6 is 0 Å². The van der Waals surface area contributed by atoms with Crippen LogP contribution in [0, 0.1) is 24.0 Å². The molecule has 0 fully saturated rings. The van der Waals surface area contributed by atoms with E-state index in [0.29, 0.717) is 5.56 Å². The summed E-state index contributed by atoms with van der Waals surface area (Å²) < 4.78 is 6.64. The average Bonchev–Trinajstić information content (AvgIpc) is 2.89. The van der Waals surface area contributed by atoms with Crippen molar-refractivity contribution in [3.63, 3.8) is 0 Å². The van der Waals surface area contributed by atoms with E-state index in [1.807, 2.05) is 0 Å². The lowest BCUT2D eigenvalue weighted by Gasteiger charge is -2.08. The van der Waals surface area contributed by atoms with Gasteiger partial charge in [-0.15, -0.1) is 0 Å². The molecule has 0 aliphatic carbocycles. The molecule has 1 aromatic carbocycles. The van der Waals surface area contributed by atoms with E-state index < -0.39 is 16.4 Å². The Morgan fingerprint density at radius 2 is 2.08 bits per heavy atom. The van der Waals surface area contributed by atoms with Gasteiger partial charge >= 0.3 is 0 Å². The average molecular weight is 342 g/mol. The molecule has 3 rings (SSSR count). The van der Waals surface area contributed by atoms with Gasteiger partial charge in [0, 0.05) is 13.1 Å². The van der Waals surface area contributed by atoms with Gasteiger partial charge in [0.05, 0.1) is 21.7 Å². The monoisotopic (exact) mass is 342 g/mol. The first-order valence-corrected chi connectivity index (χ1v) is 7.31. The van der Waals surface area contributed by atoms with Crippen molar-refractivity contribution in [2.24, 2.45) is 7.05 Å². The molecule has 2 aromatic heterocycles. The Hall–Kier alpha value is -3.49. The maximum atomic E-state index is 12.7.